The van der Waals surface area contributed by atoms with Crippen molar-refractivity contribution in [3.8, 4) is 0 Å². The molecule has 0 aromatic heterocycles. The molecule has 24 heavy (non-hydrogen) atoms. The van der Waals surface area contributed by atoms with Gasteiger partial charge in [0.1, 0.15) is 4.32 Å². The zero-order chi connectivity index (χ0) is 17.3. The maximum Gasteiger partial charge on any atom is 0.267 e. The Kier molecular flexibility index (Phi) is 5.03. The standard InChI is InChI=1S/C17H18N2O3S2/c1-3-8-18-12-7-5-4-6-11(12)13(15(18)20)14-16(21)19(9-10-22-2)17(23)24-14/h4-7H,3,8-10H2,1-2H3/b14-13-. The molecule has 3 rings (SSSR count). The van der Waals surface area contributed by atoms with Crippen LogP contribution < -0.4 is 4.90 Å². The number of carbonyl (C=O) groups is 2. The topological polar surface area (TPSA) is 49.9 Å². The van der Waals surface area contributed by atoms with Crippen LogP contribution >= 0.6 is 24.0 Å². The number of thioether (sulfide) groups is 1. The van der Waals surface area contributed by atoms with Crippen LogP contribution in [0.5, 0.6) is 0 Å². The molecule has 0 unspecified atom stereocenters. The van der Waals surface area contributed by atoms with Gasteiger partial charge in [0.2, 0.25) is 0 Å². The largest absolute Gasteiger partial charge is 0.383 e. The minimum Gasteiger partial charge on any atom is -0.383 e. The zero-order valence-electron chi connectivity index (χ0n) is 13.6. The van der Waals surface area contributed by atoms with Crippen molar-refractivity contribution < 1.29 is 14.3 Å². The van der Waals surface area contributed by atoms with Crippen LogP contribution in [-0.2, 0) is 14.3 Å². The average molecular weight is 362 g/mol. The third-order valence-electron chi connectivity index (χ3n) is 3.97. The molecule has 1 saturated heterocycles. The van der Waals surface area contributed by atoms with Crippen LogP contribution in [0.15, 0.2) is 29.2 Å². The summed E-state index contributed by atoms with van der Waals surface area (Å²) in [5.41, 5.74) is 2.14. The molecule has 7 heteroatoms. The Morgan fingerprint density at radius 1 is 1.12 bits per heavy atom. The summed E-state index contributed by atoms with van der Waals surface area (Å²) in [7, 11) is 1.58. The first-order chi connectivity index (χ1) is 11.6. The number of amides is 2. The van der Waals surface area contributed by atoms with E-state index in [0.717, 1.165) is 17.7 Å². The second-order valence-corrected chi connectivity index (χ2v) is 7.14. The van der Waals surface area contributed by atoms with Gasteiger partial charge in [-0.25, -0.2) is 0 Å². The van der Waals surface area contributed by atoms with Crippen molar-refractivity contribution in [1.29, 1.82) is 0 Å². The van der Waals surface area contributed by atoms with E-state index in [2.05, 4.69) is 0 Å². The number of hydrogen-bond acceptors (Lipinski definition) is 5. The van der Waals surface area contributed by atoms with Crippen LogP contribution in [0.2, 0.25) is 0 Å². The molecule has 2 aliphatic heterocycles. The number of nitrogens with zero attached hydrogens (tertiary/aromatic N) is 2. The van der Waals surface area contributed by atoms with E-state index in [0.29, 0.717) is 34.5 Å². The van der Waals surface area contributed by atoms with Gasteiger partial charge < -0.3 is 9.64 Å². The molecule has 2 amide bonds. The molecule has 0 saturated carbocycles. The first kappa shape index (κ1) is 17.1. The van der Waals surface area contributed by atoms with Gasteiger partial charge in [-0.3, -0.25) is 14.5 Å². The van der Waals surface area contributed by atoms with E-state index in [1.807, 2.05) is 31.2 Å². The first-order valence-corrected chi connectivity index (χ1v) is 9.00. The fraction of sp³-hybridized carbons (Fsp3) is 0.353. The van der Waals surface area contributed by atoms with Crippen molar-refractivity contribution in [2.75, 3.05) is 31.7 Å². The van der Waals surface area contributed by atoms with Gasteiger partial charge in [-0.15, -0.1) is 0 Å². The average Bonchev–Trinajstić information content (AvgIpc) is 3.01. The molecular weight excluding hydrogens is 344 g/mol. The summed E-state index contributed by atoms with van der Waals surface area (Å²) < 4.78 is 5.50. The number of hydrogen-bond donors (Lipinski definition) is 0. The summed E-state index contributed by atoms with van der Waals surface area (Å²) >= 11 is 6.52. The summed E-state index contributed by atoms with van der Waals surface area (Å²) in [4.78, 5) is 29.4. The third kappa shape index (κ3) is 2.76. The van der Waals surface area contributed by atoms with Crippen molar-refractivity contribution in [3.05, 3.63) is 34.7 Å². The highest BCUT2D eigenvalue weighted by Crippen LogP contribution is 2.44. The van der Waals surface area contributed by atoms with Crippen LogP contribution in [0, 0.1) is 0 Å². The lowest BCUT2D eigenvalue weighted by atomic mass is 10.1. The SMILES string of the molecule is CCCN1C(=O)/C(=C2\SC(=S)N(CCOC)C2=O)c2ccccc21. The zero-order valence-corrected chi connectivity index (χ0v) is 15.2. The summed E-state index contributed by atoms with van der Waals surface area (Å²) in [6, 6.07) is 7.59. The molecule has 0 N–H and O–H groups in total. The van der Waals surface area contributed by atoms with Gasteiger partial charge in [0.05, 0.1) is 29.3 Å². The summed E-state index contributed by atoms with van der Waals surface area (Å²) in [5, 5.41) is 0. The van der Waals surface area contributed by atoms with Crippen molar-refractivity contribution in [2.24, 2.45) is 0 Å². The third-order valence-corrected chi connectivity index (χ3v) is 5.41. The Morgan fingerprint density at radius 3 is 2.58 bits per heavy atom. The molecule has 0 aliphatic carbocycles. The van der Waals surface area contributed by atoms with E-state index in [9.17, 15) is 9.59 Å². The highest BCUT2D eigenvalue weighted by Gasteiger charge is 2.41. The quantitative estimate of drug-likeness (QED) is 0.595. The number of carbonyl (C=O) groups excluding carboxylic acids is 2. The van der Waals surface area contributed by atoms with Crippen molar-refractivity contribution in [3.63, 3.8) is 0 Å². The molecule has 1 aromatic rings. The Bertz CT molecular complexity index is 745. The molecule has 0 spiro atoms. The summed E-state index contributed by atoms with van der Waals surface area (Å²) in [5.74, 6) is -0.330. The highest BCUT2D eigenvalue weighted by molar-refractivity contribution is 8.26. The van der Waals surface area contributed by atoms with Crippen molar-refractivity contribution in [2.45, 2.75) is 13.3 Å². The fourth-order valence-corrected chi connectivity index (χ4v) is 4.25. The minimum atomic E-state index is -0.210. The van der Waals surface area contributed by atoms with Gasteiger partial charge in [-0.2, -0.15) is 0 Å². The summed E-state index contributed by atoms with van der Waals surface area (Å²) in [6.45, 7) is 3.45. The lowest BCUT2D eigenvalue weighted by Gasteiger charge is -2.15. The molecule has 126 valence electrons. The number of methoxy groups -OCH3 is 1. The molecule has 2 heterocycles. The van der Waals surface area contributed by atoms with E-state index < -0.39 is 0 Å². The van der Waals surface area contributed by atoms with Crippen molar-refractivity contribution in [1.82, 2.24) is 4.90 Å². The van der Waals surface area contributed by atoms with E-state index in [-0.39, 0.29) is 11.8 Å². The lowest BCUT2D eigenvalue weighted by Crippen LogP contribution is -2.32. The second-order valence-electron chi connectivity index (χ2n) is 5.50. The second kappa shape index (κ2) is 7.04. The molecule has 5 nitrogen and oxygen atoms in total. The minimum absolute atomic E-state index is 0.120. The number of ether oxygens (including phenoxy) is 1. The lowest BCUT2D eigenvalue weighted by molar-refractivity contribution is -0.123. The van der Waals surface area contributed by atoms with Gasteiger partial charge in [0, 0.05) is 19.2 Å². The van der Waals surface area contributed by atoms with Crippen LogP contribution in [0.1, 0.15) is 18.9 Å². The van der Waals surface area contributed by atoms with E-state index in [1.165, 1.54) is 16.7 Å². The van der Waals surface area contributed by atoms with Crippen molar-refractivity contribution >= 4 is 51.4 Å². The van der Waals surface area contributed by atoms with Crippen LogP contribution in [-0.4, -0.2) is 47.8 Å². The summed E-state index contributed by atoms with van der Waals surface area (Å²) in [6.07, 6.45) is 0.849. The number of anilines is 1. The van der Waals surface area contributed by atoms with Gasteiger partial charge in [-0.1, -0.05) is 49.1 Å². The normalized spacial score (nSPS) is 20.3. The highest BCUT2D eigenvalue weighted by atomic mass is 32.2. The smallest absolute Gasteiger partial charge is 0.267 e. The Labute approximate surface area is 150 Å². The predicted molar refractivity (Wildman–Crippen MR) is 99.8 cm³/mol. The van der Waals surface area contributed by atoms with Gasteiger partial charge in [0.25, 0.3) is 11.8 Å². The Morgan fingerprint density at radius 2 is 1.88 bits per heavy atom. The van der Waals surface area contributed by atoms with Crippen LogP contribution in [0.25, 0.3) is 5.57 Å². The Hall–Kier alpha value is -1.70. The number of fused-ring (bicyclic) bond motifs is 1. The van der Waals surface area contributed by atoms with Crippen LogP contribution in [0.3, 0.4) is 0 Å². The monoisotopic (exact) mass is 362 g/mol. The van der Waals surface area contributed by atoms with E-state index in [1.54, 1.807) is 12.0 Å². The number of para-hydroxylation sites is 1. The van der Waals surface area contributed by atoms with Gasteiger partial charge in [0.15, 0.2) is 0 Å². The number of thiocarbonyl (C=S) groups is 1. The number of rotatable bonds is 5. The number of benzene rings is 1. The predicted octanol–water partition coefficient (Wildman–Crippen LogP) is 2.66. The molecule has 0 radical (unpaired) electrons. The Balaban J connectivity index is 2.05. The van der Waals surface area contributed by atoms with E-state index in [4.69, 9.17) is 17.0 Å². The molecular formula is C17H18N2O3S2. The van der Waals surface area contributed by atoms with E-state index >= 15 is 0 Å². The fourth-order valence-electron chi connectivity index (χ4n) is 2.87. The first-order valence-electron chi connectivity index (χ1n) is 7.78. The van der Waals surface area contributed by atoms with Gasteiger partial charge in [-0.05, 0) is 12.5 Å². The molecule has 2 aliphatic rings. The molecule has 1 aromatic carbocycles. The molecule has 0 bridgehead atoms. The molecule has 0 atom stereocenters. The van der Waals surface area contributed by atoms with Gasteiger partial charge >= 0.3 is 0 Å². The molecule has 1 fully saturated rings. The maximum absolute atomic E-state index is 12.9. The maximum atomic E-state index is 12.9. The van der Waals surface area contributed by atoms with Crippen LogP contribution in [0.4, 0.5) is 5.69 Å².